The van der Waals surface area contributed by atoms with Gasteiger partial charge in [-0.15, -0.1) is 0 Å². The first-order chi connectivity index (χ1) is 18.5. The Labute approximate surface area is 218 Å². The molecule has 3 aromatic carbocycles. The Morgan fingerprint density at radius 3 is 2.24 bits per heavy atom. The van der Waals surface area contributed by atoms with Crippen LogP contribution in [0.15, 0.2) is 95.4 Å². The minimum absolute atomic E-state index is 0.0930. The number of benzene rings is 3. The fourth-order valence-corrected chi connectivity index (χ4v) is 4.28. The van der Waals surface area contributed by atoms with E-state index in [0.717, 1.165) is 11.3 Å². The predicted molar refractivity (Wildman–Crippen MR) is 143 cm³/mol. The van der Waals surface area contributed by atoms with E-state index in [9.17, 15) is 18.4 Å². The average molecular weight is 514 g/mol. The molecule has 1 aliphatic heterocycles. The van der Waals surface area contributed by atoms with Gasteiger partial charge in [-0.2, -0.15) is 0 Å². The number of hydrogen-bond acceptors (Lipinski definition) is 4. The number of carbonyl (C=O) groups excluding carboxylic acids is 2. The highest BCUT2D eigenvalue weighted by molar-refractivity contribution is 6.01. The lowest BCUT2D eigenvalue weighted by Crippen LogP contribution is -2.49. The van der Waals surface area contributed by atoms with Gasteiger partial charge < -0.3 is 19.5 Å². The Morgan fingerprint density at radius 1 is 0.816 bits per heavy atom. The molecule has 0 bridgehead atoms. The number of halogens is 2. The molecule has 5 rings (SSSR count). The van der Waals surface area contributed by atoms with Crippen LogP contribution in [0, 0.1) is 11.6 Å². The Hall–Kier alpha value is -4.72. The van der Waals surface area contributed by atoms with Gasteiger partial charge in [0.15, 0.2) is 0 Å². The molecule has 0 aliphatic carbocycles. The molecule has 0 radical (unpaired) electrons. The third-order valence-electron chi connectivity index (χ3n) is 6.33. The fourth-order valence-electron chi connectivity index (χ4n) is 4.28. The average Bonchev–Trinajstić information content (AvgIpc) is 3.42. The Bertz CT molecular complexity index is 1450. The van der Waals surface area contributed by atoms with Crippen molar-refractivity contribution >= 4 is 29.3 Å². The molecule has 38 heavy (non-hydrogen) atoms. The third-order valence-corrected chi connectivity index (χ3v) is 6.33. The van der Waals surface area contributed by atoms with Crippen LogP contribution < -0.4 is 10.2 Å². The van der Waals surface area contributed by atoms with Crippen molar-refractivity contribution in [3.63, 3.8) is 0 Å². The number of anilines is 2. The van der Waals surface area contributed by atoms with Crippen LogP contribution in [0.2, 0.25) is 0 Å². The zero-order chi connectivity index (χ0) is 26.5. The van der Waals surface area contributed by atoms with Crippen molar-refractivity contribution in [1.29, 1.82) is 0 Å². The van der Waals surface area contributed by atoms with E-state index in [-0.39, 0.29) is 23.2 Å². The molecule has 0 unspecified atom stereocenters. The smallest absolute Gasteiger partial charge is 0.256 e. The van der Waals surface area contributed by atoms with E-state index in [4.69, 9.17) is 4.42 Å². The van der Waals surface area contributed by atoms with Crippen LogP contribution in [-0.4, -0.2) is 42.9 Å². The molecule has 2 amide bonds. The van der Waals surface area contributed by atoms with Crippen LogP contribution in [-0.2, 0) is 4.79 Å². The highest BCUT2D eigenvalue weighted by atomic mass is 19.1. The minimum Gasteiger partial charge on any atom is -0.457 e. The van der Waals surface area contributed by atoms with Crippen molar-refractivity contribution < 1.29 is 22.8 Å². The van der Waals surface area contributed by atoms with Gasteiger partial charge in [-0.05, 0) is 78.9 Å². The topological polar surface area (TPSA) is 65.8 Å². The Morgan fingerprint density at radius 2 is 1.53 bits per heavy atom. The maximum absolute atomic E-state index is 14.0. The van der Waals surface area contributed by atoms with Gasteiger partial charge in [0.1, 0.15) is 23.2 Å². The summed E-state index contributed by atoms with van der Waals surface area (Å²) >= 11 is 0. The van der Waals surface area contributed by atoms with Gasteiger partial charge in [0.05, 0.1) is 5.56 Å². The van der Waals surface area contributed by atoms with Crippen molar-refractivity contribution in [2.45, 2.75) is 0 Å². The molecule has 1 aliphatic rings. The molecule has 2 heterocycles. The third kappa shape index (κ3) is 5.81. The van der Waals surface area contributed by atoms with Gasteiger partial charge in [0.2, 0.25) is 5.91 Å². The number of rotatable bonds is 6. The van der Waals surface area contributed by atoms with Gasteiger partial charge >= 0.3 is 0 Å². The molecule has 4 aromatic rings. The second kappa shape index (κ2) is 11.1. The molecule has 0 saturated carbocycles. The molecule has 8 heteroatoms. The van der Waals surface area contributed by atoms with E-state index in [1.807, 2.05) is 24.3 Å². The summed E-state index contributed by atoms with van der Waals surface area (Å²) in [5.41, 5.74) is 2.45. The summed E-state index contributed by atoms with van der Waals surface area (Å²) in [5.74, 6) is -0.347. The van der Waals surface area contributed by atoms with Crippen molar-refractivity contribution in [3.05, 3.63) is 114 Å². The summed E-state index contributed by atoms with van der Waals surface area (Å²) in [6.45, 7) is 2.23. The number of hydrogen-bond donors (Lipinski definition) is 1. The monoisotopic (exact) mass is 513 g/mol. The van der Waals surface area contributed by atoms with E-state index in [1.54, 1.807) is 47.4 Å². The van der Waals surface area contributed by atoms with E-state index in [0.29, 0.717) is 43.4 Å². The summed E-state index contributed by atoms with van der Waals surface area (Å²) in [6, 6.07) is 23.0. The minimum atomic E-state index is -0.508. The van der Waals surface area contributed by atoms with Crippen LogP contribution >= 0.6 is 0 Å². The van der Waals surface area contributed by atoms with Crippen molar-refractivity contribution in [2.75, 3.05) is 36.4 Å². The van der Waals surface area contributed by atoms with Gasteiger partial charge in [-0.25, -0.2) is 8.78 Å². The molecular formula is C30H25F2N3O3. The SMILES string of the molecule is O=C(/C=C/c1ccc(-c2ccc(F)cc2)o1)Nc1ccc(N2CCN(C(=O)c3ccccc3F)CC2)cc1. The van der Waals surface area contributed by atoms with Crippen molar-refractivity contribution in [1.82, 2.24) is 4.90 Å². The quantitative estimate of drug-likeness (QED) is 0.329. The Balaban J connectivity index is 1.12. The number of nitrogens with one attached hydrogen (secondary N) is 1. The maximum atomic E-state index is 14.0. The summed E-state index contributed by atoms with van der Waals surface area (Å²) in [4.78, 5) is 28.8. The first-order valence-corrected chi connectivity index (χ1v) is 12.2. The molecule has 0 atom stereocenters. The largest absolute Gasteiger partial charge is 0.457 e. The summed E-state index contributed by atoms with van der Waals surface area (Å²) in [6.07, 6.45) is 2.95. The van der Waals surface area contributed by atoms with Gasteiger partial charge in [-0.3, -0.25) is 9.59 Å². The lowest BCUT2D eigenvalue weighted by molar-refractivity contribution is -0.111. The zero-order valence-electron chi connectivity index (χ0n) is 20.4. The summed E-state index contributed by atoms with van der Waals surface area (Å²) in [7, 11) is 0. The van der Waals surface area contributed by atoms with Crippen LogP contribution in [0.5, 0.6) is 0 Å². The fraction of sp³-hybridized carbons (Fsp3) is 0.133. The highest BCUT2D eigenvalue weighted by Crippen LogP contribution is 2.24. The second-order valence-corrected chi connectivity index (χ2v) is 8.84. The summed E-state index contributed by atoms with van der Waals surface area (Å²) in [5, 5.41) is 2.82. The lowest BCUT2D eigenvalue weighted by atomic mass is 10.1. The first kappa shape index (κ1) is 25.0. The van der Waals surface area contributed by atoms with Crippen LogP contribution in [0.4, 0.5) is 20.2 Å². The molecule has 6 nitrogen and oxygen atoms in total. The molecular weight excluding hydrogens is 488 g/mol. The molecule has 1 fully saturated rings. The number of amides is 2. The molecule has 1 aromatic heterocycles. The number of carbonyl (C=O) groups is 2. The van der Waals surface area contributed by atoms with Crippen LogP contribution in [0.1, 0.15) is 16.1 Å². The standard InChI is InChI=1S/C30H25F2N3O3/c31-22-7-5-21(6-8-22)28-15-13-25(38-28)14-16-29(36)33-23-9-11-24(12-10-23)34-17-19-35(20-18-34)30(37)26-3-1-2-4-27(26)32/h1-16H,17-20H2,(H,33,36)/b16-14+. The molecule has 192 valence electrons. The maximum Gasteiger partial charge on any atom is 0.256 e. The number of piperazine rings is 1. The summed E-state index contributed by atoms with van der Waals surface area (Å²) < 4.78 is 32.8. The first-order valence-electron chi connectivity index (χ1n) is 12.2. The highest BCUT2D eigenvalue weighted by Gasteiger charge is 2.24. The Kier molecular flexibility index (Phi) is 7.31. The molecule has 1 saturated heterocycles. The van der Waals surface area contributed by atoms with Crippen molar-refractivity contribution in [2.24, 2.45) is 0 Å². The number of furan rings is 1. The molecule has 0 spiro atoms. The zero-order valence-corrected chi connectivity index (χ0v) is 20.4. The van der Waals surface area contributed by atoms with Gasteiger partial charge in [0, 0.05) is 49.2 Å². The second-order valence-electron chi connectivity index (χ2n) is 8.84. The van der Waals surface area contributed by atoms with Crippen molar-refractivity contribution in [3.8, 4) is 11.3 Å². The van der Waals surface area contributed by atoms with Crippen LogP contribution in [0.25, 0.3) is 17.4 Å². The predicted octanol–water partition coefficient (Wildman–Crippen LogP) is 5.84. The van der Waals surface area contributed by atoms with E-state index < -0.39 is 5.82 Å². The van der Waals surface area contributed by atoms with Gasteiger partial charge in [0.25, 0.3) is 5.91 Å². The van der Waals surface area contributed by atoms with E-state index >= 15 is 0 Å². The normalized spacial score (nSPS) is 13.6. The van der Waals surface area contributed by atoms with Gasteiger partial charge in [-0.1, -0.05) is 12.1 Å². The molecule has 1 N–H and O–H groups in total. The number of nitrogens with zero attached hydrogens (tertiary/aromatic N) is 2. The lowest BCUT2D eigenvalue weighted by Gasteiger charge is -2.36. The van der Waals surface area contributed by atoms with E-state index in [2.05, 4.69) is 10.2 Å². The van der Waals surface area contributed by atoms with Crippen LogP contribution in [0.3, 0.4) is 0 Å². The van der Waals surface area contributed by atoms with E-state index in [1.165, 1.54) is 30.3 Å².